The molecule has 2 aromatic rings. The summed E-state index contributed by atoms with van der Waals surface area (Å²) in [6, 6.07) is 15.4. The molecule has 6 nitrogen and oxygen atoms in total. The van der Waals surface area contributed by atoms with Gasteiger partial charge in [-0.25, -0.2) is 0 Å². The van der Waals surface area contributed by atoms with Gasteiger partial charge in [0.05, 0.1) is 7.11 Å². The van der Waals surface area contributed by atoms with Gasteiger partial charge >= 0.3 is 0 Å². The zero-order valence-corrected chi connectivity index (χ0v) is 16.1. The van der Waals surface area contributed by atoms with Crippen molar-refractivity contribution in [2.24, 2.45) is 0 Å². The van der Waals surface area contributed by atoms with E-state index < -0.39 is 0 Å². The van der Waals surface area contributed by atoms with Crippen LogP contribution < -0.4 is 14.5 Å². The molecule has 2 aliphatic heterocycles. The van der Waals surface area contributed by atoms with E-state index in [4.69, 9.17) is 4.74 Å². The molecular formula is C22H25N3O3. The normalized spacial score (nSPS) is 17.2. The minimum absolute atomic E-state index is 0.0497. The number of anilines is 2. The molecule has 0 atom stereocenters. The Morgan fingerprint density at radius 3 is 2.07 bits per heavy atom. The maximum atomic E-state index is 12.8. The molecule has 4 rings (SSSR count). The molecule has 0 aliphatic carbocycles. The van der Waals surface area contributed by atoms with Crippen LogP contribution in [0.3, 0.4) is 0 Å². The SMILES string of the molecule is COc1ccc(N2CCN(C(=O)c3ccc(N4CCCC4=O)cc3)CC2)cc1. The summed E-state index contributed by atoms with van der Waals surface area (Å²) in [5.41, 5.74) is 2.70. The largest absolute Gasteiger partial charge is 0.497 e. The van der Waals surface area contributed by atoms with Gasteiger partial charge in [-0.1, -0.05) is 0 Å². The highest BCUT2D eigenvalue weighted by Gasteiger charge is 2.24. The van der Waals surface area contributed by atoms with E-state index in [9.17, 15) is 9.59 Å². The molecule has 2 heterocycles. The predicted octanol–water partition coefficient (Wildman–Crippen LogP) is 2.78. The van der Waals surface area contributed by atoms with Crippen LogP contribution in [0.4, 0.5) is 11.4 Å². The molecule has 2 saturated heterocycles. The highest BCUT2D eigenvalue weighted by Crippen LogP contribution is 2.23. The van der Waals surface area contributed by atoms with Gasteiger partial charge in [0.15, 0.2) is 0 Å². The fourth-order valence-corrected chi connectivity index (χ4v) is 3.85. The Kier molecular flexibility index (Phi) is 5.19. The van der Waals surface area contributed by atoms with Crippen molar-refractivity contribution >= 4 is 23.2 Å². The quantitative estimate of drug-likeness (QED) is 0.820. The van der Waals surface area contributed by atoms with E-state index in [1.165, 1.54) is 0 Å². The van der Waals surface area contributed by atoms with Gasteiger partial charge in [-0.2, -0.15) is 0 Å². The Labute approximate surface area is 165 Å². The van der Waals surface area contributed by atoms with E-state index >= 15 is 0 Å². The number of nitrogens with zero attached hydrogens (tertiary/aromatic N) is 3. The average Bonchev–Trinajstić information content (AvgIpc) is 3.19. The van der Waals surface area contributed by atoms with Gasteiger partial charge in [0, 0.05) is 56.1 Å². The van der Waals surface area contributed by atoms with E-state index in [2.05, 4.69) is 17.0 Å². The Bertz CT molecular complexity index is 840. The summed E-state index contributed by atoms with van der Waals surface area (Å²) < 4.78 is 5.21. The summed E-state index contributed by atoms with van der Waals surface area (Å²) >= 11 is 0. The van der Waals surface area contributed by atoms with Gasteiger partial charge < -0.3 is 19.4 Å². The third kappa shape index (κ3) is 3.67. The van der Waals surface area contributed by atoms with E-state index in [0.29, 0.717) is 25.1 Å². The smallest absolute Gasteiger partial charge is 0.253 e. The van der Waals surface area contributed by atoms with E-state index in [0.717, 1.165) is 43.2 Å². The standard InChI is InChI=1S/C22H25N3O3/c1-28-20-10-8-18(9-11-20)23-13-15-24(16-14-23)22(27)17-4-6-19(7-5-17)25-12-2-3-21(25)26/h4-11H,2-3,12-16H2,1H3. The summed E-state index contributed by atoms with van der Waals surface area (Å²) in [5, 5.41) is 0. The molecular weight excluding hydrogens is 354 g/mol. The van der Waals surface area contributed by atoms with Gasteiger partial charge in [-0.05, 0) is 55.0 Å². The van der Waals surface area contributed by atoms with E-state index in [1.54, 1.807) is 12.0 Å². The van der Waals surface area contributed by atoms with Crippen molar-refractivity contribution in [2.75, 3.05) is 49.6 Å². The molecule has 146 valence electrons. The number of hydrogen-bond donors (Lipinski definition) is 0. The lowest BCUT2D eigenvalue weighted by Crippen LogP contribution is -2.48. The maximum absolute atomic E-state index is 12.8. The first-order valence-electron chi connectivity index (χ1n) is 9.74. The molecule has 0 N–H and O–H groups in total. The van der Waals surface area contributed by atoms with Crippen LogP contribution in [-0.2, 0) is 4.79 Å². The molecule has 0 aromatic heterocycles. The van der Waals surface area contributed by atoms with Gasteiger partial charge in [0.2, 0.25) is 5.91 Å². The van der Waals surface area contributed by atoms with Gasteiger partial charge in [0.1, 0.15) is 5.75 Å². The number of benzene rings is 2. The number of carbonyl (C=O) groups excluding carboxylic acids is 2. The second-order valence-corrected chi connectivity index (χ2v) is 7.17. The molecule has 28 heavy (non-hydrogen) atoms. The van der Waals surface area contributed by atoms with Crippen LogP contribution in [0, 0.1) is 0 Å². The van der Waals surface area contributed by atoms with Crippen molar-refractivity contribution in [1.82, 2.24) is 4.90 Å². The highest BCUT2D eigenvalue weighted by molar-refractivity contribution is 5.97. The van der Waals surface area contributed by atoms with Crippen LogP contribution >= 0.6 is 0 Å². The zero-order chi connectivity index (χ0) is 19.5. The fourth-order valence-electron chi connectivity index (χ4n) is 3.85. The monoisotopic (exact) mass is 379 g/mol. The molecule has 2 amide bonds. The third-order valence-corrected chi connectivity index (χ3v) is 5.50. The molecule has 2 aromatic carbocycles. The van der Waals surface area contributed by atoms with Crippen LogP contribution in [0.1, 0.15) is 23.2 Å². The second-order valence-electron chi connectivity index (χ2n) is 7.17. The zero-order valence-electron chi connectivity index (χ0n) is 16.1. The van der Waals surface area contributed by atoms with Crippen LogP contribution in [-0.4, -0.2) is 56.5 Å². The van der Waals surface area contributed by atoms with Crippen LogP contribution in [0.25, 0.3) is 0 Å². The van der Waals surface area contributed by atoms with Crippen LogP contribution in [0.15, 0.2) is 48.5 Å². The summed E-state index contributed by atoms with van der Waals surface area (Å²) in [6.07, 6.45) is 1.51. The number of carbonyl (C=O) groups is 2. The maximum Gasteiger partial charge on any atom is 0.253 e. The van der Waals surface area contributed by atoms with Crippen LogP contribution in [0.5, 0.6) is 5.75 Å². The van der Waals surface area contributed by atoms with E-state index in [1.807, 2.05) is 41.3 Å². The highest BCUT2D eigenvalue weighted by atomic mass is 16.5. The molecule has 0 unspecified atom stereocenters. The Morgan fingerprint density at radius 1 is 0.857 bits per heavy atom. The molecule has 2 aliphatic rings. The number of rotatable bonds is 4. The van der Waals surface area contributed by atoms with Crippen molar-refractivity contribution in [3.63, 3.8) is 0 Å². The first kappa shape index (κ1) is 18.3. The van der Waals surface area contributed by atoms with Crippen molar-refractivity contribution in [2.45, 2.75) is 12.8 Å². The molecule has 2 fully saturated rings. The number of hydrogen-bond acceptors (Lipinski definition) is 4. The van der Waals surface area contributed by atoms with Gasteiger partial charge in [0.25, 0.3) is 5.91 Å². The Morgan fingerprint density at radius 2 is 1.50 bits per heavy atom. The molecule has 0 bridgehead atoms. The minimum atomic E-state index is 0.0497. The summed E-state index contributed by atoms with van der Waals surface area (Å²) in [7, 11) is 1.66. The fraction of sp³-hybridized carbons (Fsp3) is 0.364. The number of amides is 2. The topological polar surface area (TPSA) is 53.1 Å². The number of methoxy groups -OCH3 is 1. The lowest BCUT2D eigenvalue weighted by molar-refractivity contribution is -0.117. The lowest BCUT2D eigenvalue weighted by Gasteiger charge is -2.36. The van der Waals surface area contributed by atoms with Crippen molar-refractivity contribution in [1.29, 1.82) is 0 Å². The van der Waals surface area contributed by atoms with Crippen molar-refractivity contribution in [3.05, 3.63) is 54.1 Å². The summed E-state index contributed by atoms with van der Waals surface area (Å²) in [6.45, 7) is 3.75. The van der Waals surface area contributed by atoms with Crippen molar-refractivity contribution in [3.8, 4) is 5.75 Å². The first-order valence-corrected chi connectivity index (χ1v) is 9.74. The minimum Gasteiger partial charge on any atom is -0.497 e. The average molecular weight is 379 g/mol. The van der Waals surface area contributed by atoms with Crippen LogP contribution in [0.2, 0.25) is 0 Å². The Hall–Kier alpha value is -3.02. The van der Waals surface area contributed by atoms with E-state index in [-0.39, 0.29) is 11.8 Å². The van der Waals surface area contributed by atoms with Crippen molar-refractivity contribution < 1.29 is 14.3 Å². The third-order valence-electron chi connectivity index (χ3n) is 5.50. The Balaban J connectivity index is 1.36. The molecule has 0 radical (unpaired) electrons. The molecule has 6 heteroatoms. The number of ether oxygens (including phenoxy) is 1. The lowest BCUT2D eigenvalue weighted by atomic mass is 10.1. The molecule has 0 spiro atoms. The van der Waals surface area contributed by atoms with Gasteiger partial charge in [-0.3, -0.25) is 9.59 Å². The summed E-state index contributed by atoms with van der Waals surface area (Å²) in [4.78, 5) is 30.7. The van der Waals surface area contributed by atoms with Gasteiger partial charge in [-0.15, -0.1) is 0 Å². The summed E-state index contributed by atoms with van der Waals surface area (Å²) in [5.74, 6) is 1.05. The second kappa shape index (κ2) is 7.92. The predicted molar refractivity (Wildman–Crippen MR) is 109 cm³/mol. The first-order chi connectivity index (χ1) is 13.7. The number of piperazine rings is 1. The molecule has 0 saturated carbocycles.